The van der Waals surface area contributed by atoms with Crippen LogP contribution in [0.3, 0.4) is 0 Å². The molecule has 1 aromatic carbocycles. The maximum Gasteiger partial charge on any atom is 0.124 e. The standard InChI is InChI=1S/C9H9NOS/c1-6-8(11-2)3-7(5-10)4-9(6)12/h3-4,12H,1-2H3. The third-order valence-electron chi connectivity index (χ3n) is 1.68. The molecule has 2 nitrogen and oxygen atoms in total. The molecule has 0 N–H and O–H groups in total. The molecule has 0 atom stereocenters. The van der Waals surface area contributed by atoms with Crippen molar-refractivity contribution in [3.8, 4) is 11.8 Å². The second kappa shape index (κ2) is 3.51. The molecule has 0 aliphatic carbocycles. The smallest absolute Gasteiger partial charge is 0.124 e. The Morgan fingerprint density at radius 1 is 1.50 bits per heavy atom. The molecule has 0 saturated carbocycles. The lowest BCUT2D eigenvalue weighted by Crippen LogP contribution is -1.89. The Morgan fingerprint density at radius 2 is 2.17 bits per heavy atom. The number of nitriles is 1. The van der Waals surface area contributed by atoms with Crippen LogP contribution in [0, 0.1) is 18.3 Å². The number of rotatable bonds is 1. The van der Waals surface area contributed by atoms with Crippen molar-refractivity contribution in [3.63, 3.8) is 0 Å². The Morgan fingerprint density at radius 3 is 2.67 bits per heavy atom. The minimum Gasteiger partial charge on any atom is -0.496 e. The monoisotopic (exact) mass is 179 g/mol. The molecule has 12 heavy (non-hydrogen) atoms. The van der Waals surface area contributed by atoms with Gasteiger partial charge in [0.25, 0.3) is 0 Å². The lowest BCUT2D eigenvalue weighted by molar-refractivity contribution is 0.410. The molecule has 3 heteroatoms. The Kier molecular flexibility index (Phi) is 2.61. The Hall–Kier alpha value is -1.14. The van der Waals surface area contributed by atoms with Gasteiger partial charge in [-0.3, -0.25) is 0 Å². The molecule has 0 saturated heterocycles. The lowest BCUT2D eigenvalue weighted by Gasteiger charge is -2.06. The van der Waals surface area contributed by atoms with Gasteiger partial charge in [0.1, 0.15) is 5.75 Å². The molecule has 0 fully saturated rings. The van der Waals surface area contributed by atoms with Gasteiger partial charge in [-0.05, 0) is 19.1 Å². The summed E-state index contributed by atoms with van der Waals surface area (Å²) >= 11 is 4.21. The molecule has 0 aliphatic rings. The van der Waals surface area contributed by atoms with Crippen LogP contribution in [0.2, 0.25) is 0 Å². The zero-order chi connectivity index (χ0) is 9.14. The van der Waals surface area contributed by atoms with Gasteiger partial charge < -0.3 is 4.74 Å². The molecule has 0 heterocycles. The van der Waals surface area contributed by atoms with Gasteiger partial charge in [0.2, 0.25) is 0 Å². The number of ether oxygens (including phenoxy) is 1. The van der Waals surface area contributed by atoms with Crippen molar-refractivity contribution in [1.29, 1.82) is 5.26 Å². The summed E-state index contributed by atoms with van der Waals surface area (Å²) in [4.78, 5) is 0.783. The molecular formula is C9H9NOS. The third-order valence-corrected chi connectivity index (χ3v) is 2.15. The molecular weight excluding hydrogens is 170 g/mol. The molecule has 62 valence electrons. The lowest BCUT2D eigenvalue weighted by atomic mass is 10.1. The summed E-state index contributed by atoms with van der Waals surface area (Å²) in [5.41, 5.74) is 1.53. The van der Waals surface area contributed by atoms with E-state index in [0.717, 1.165) is 10.5 Å². The van der Waals surface area contributed by atoms with Crippen LogP contribution in [0.4, 0.5) is 0 Å². The number of thiol groups is 1. The fraction of sp³-hybridized carbons (Fsp3) is 0.222. The number of methoxy groups -OCH3 is 1. The first-order valence-electron chi connectivity index (χ1n) is 3.46. The molecule has 1 aromatic rings. The summed E-state index contributed by atoms with van der Waals surface area (Å²) in [5, 5.41) is 8.63. The van der Waals surface area contributed by atoms with Gasteiger partial charge in [-0.15, -0.1) is 12.6 Å². The molecule has 0 radical (unpaired) electrons. The van der Waals surface area contributed by atoms with Crippen molar-refractivity contribution in [2.75, 3.05) is 7.11 Å². The van der Waals surface area contributed by atoms with Gasteiger partial charge in [0, 0.05) is 10.5 Å². The molecule has 0 aromatic heterocycles. The number of hydrogen-bond acceptors (Lipinski definition) is 3. The highest BCUT2D eigenvalue weighted by molar-refractivity contribution is 7.80. The first-order chi connectivity index (χ1) is 5.69. The van der Waals surface area contributed by atoms with Gasteiger partial charge in [-0.2, -0.15) is 5.26 Å². The predicted octanol–water partition coefficient (Wildman–Crippen LogP) is 2.16. The molecule has 1 rings (SSSR count). The van der Waals surface area contributed by atoms with Crippen LogP contribution in [0.25, 0.3) is 0 Å². The number of hydrogen-bond donors (Lipinski definition) is 1. The van der Waals surface area contributed by atoms with Crippen LogP contribution in [0.1, 0.15) is 11.1 Å². The first-order valence-corrected chi connectivity index (χ1v) is 3.91. The van der Waals surface area contributed by atoms with Crippen LogP contribution < -0.4 is 4.74 Å². The largest absolute Gasteiger partial charge is 0.496 e. The second-order valence-electron chi connectivity index (χ2n) is 2.43. The predicted molar refractivity (Wildman–Crippen MR) is 49.7 cm³/mol. The van der Waals surface area contributed by atoms with E-state index in [1.807, 2.05) is 13.0 Å². The number of benzene rings is 1. The van der Waals surface area contributed by atoms with Crippen molar-refractivity contribution in [1.82, 2.24) is 0 Å². The SMILES string of the molecule is COc1cc(C#N)cc(S)c1C. The molecule has 0 unspecified atom stereocenters. The fourth-order valence-electron chi connectivity index (χ4n) is 0.949. The highest BCUT2D eigenvalue weighted by atomic mass is 32.1. The van der Waals surface area contributed by atoms with Crippen LogP contribution >= 0.6 is 12.6 Å². The van der Waals surface area contributed by atoms with Gasteiger partial charge in [-0.1, -0.05) is 0 Å². The highest BCUT2D eigenvalue weighted by Crippen LogP contribution is 2.25. The van der Waals surface area contributed by atoms with E-state index in [1.165, 1.54) is 0 Å². The quantitative estimate of drug-likeness (QED) is 0.670. The van der Waals surface area contributed by atoms with E-state index < -0.39 is 0 Å². The maximum absolute atomic E-state index is 8.63. The summed E-state index contributed by atoms with van der Waals surface area (Å²) in [6, 6.07) is 5.47. The molecule has 0 amide bonds. The summed E-state index contributed by atoms with van der Waals surface area (Å²) in [5.74, 6) is 0.707. The average Bonchev–Trinajstić information content (AvgIpc) is 2.09. The third kappa shape index (κ3) is 1.54. The summed E-state index contributed by atoms with van der Waals surface area (Å²) in [6.07, 6.45) is 0. The van der Waals surface area contributed by atoms with Crippen LogP contribution in [0.5, 0.6) is 5.75 Å². The fourth-order valence-corrected chi connectivity index (χ4v) is 1.20. The zero-order valence-corrected chi connectivity index (χ0v) is 7.85. The second-order valence-corrected chi connectivity index (χ2v) is 2.92. The topological polar surface area (TPSA) is 33.0 Å². The Balaban J connectivity index is 3.31. The van der Waals surface area contributed by atoms with Gasteiger partial charge in [-0.25, -0.2) is 0 Å². The van der Waals surface area contributed by atoms with E-state index in [0.29, 0.717) is 11.3 Å². The van der Waals surface area contributed by atoms with Gasteiger partial charge in [0.15, 0.2) is 0 Å². The van der Waals surface area contributed by atoms with Crippen molar-refractivity contribution in [3.05, 3.63) is 23.3 Å². The average molecular weight is 179 g/mol. The Labute approximate surface area is 77.2 Å². The minimum atomic E-state index is 0.572. The van der Waals surface area contributed by atoms with Crippen LogP contribution in [0.15, 0.2) is 17.0 Å². The van der Waals surface area contributed by atoms with E-state index >= 15 is 0 Å². The summed E-state index contributed by atoms with van der Waals surface area (Å²) < 4.78 is 5.07. The molecule has 0 bridgehead atoms. The molecule has 0 spiro atoms. The van der Waals surface area contributed by atoms with E-state index in [9.17, 15) is 0 Å². The van der Waals surface area contributed by atoms with Gasteiger partial charge >= 0.3 is 0 Å². The van der Waals surface area contributed by atoms with Crippen LogP contribution in [-0.2, 0) is 0 Å². The normalized spacial score (nSPS) is 9.17. The minimum absolute atomic E-state index is 0.572. The van der Waals surface area contributed by atoms with E-state index in [-0.39, 0.29) is 0 Å². The number of nitrogens with zero attached hydrogens (tertiary/aromatic N) is 1. The maximum atomic E-state index is 8.63. The molecule has 0 aliphatic heterocycles. The van der Waals surface area contributed by atoms with Crippen molar-refractivity contribution >= 4 is 12.6 Å². The van der Waals surface area contributed by atoms with Crippen molar-refractivity contribution in [2.24, 2.45) is 0 Å². The Bertz CT molecular complexity index is 341. The van der Waals surface area contributed by atoms with Crippen molar-refractivity contribution < 1.29 is 4.74 Å². The van der Waals surface area contributed by atoms with E-state index in [1.54, 1.807) is 19.2 Å². The summed E-state index contributed by atoms with van der Waals surface area (Å²) in [7, 11) is 1.58. The highest BCUT2D eigenvalue weighted by Gasteiger charge is 2.03. The van der Waals surface area contributed by atoms with E-state index in [4.69, 9.17) is 10.00 Å². The zero-order valence-electron chi connectivity index (χ0n) is 6.96. The van der Waals surface area contributed by atoms with Crippen molar-refractivity contribution in [2.45, 2.75) is 11.8 Å². The van der Waals surface area contributed by atoms with E-state index in [2.05, 4.69) is 12.6 Å². The summed E-state index contributed by atoms with van der Waals surface area (Å²) in [6.45, 7) is 1.91. The van der Waals surface area contributed by atoms with Gasteiger partial charge in [0.05, 0.1) is 18.7 Å². The first kappa shape index (κ1) is 8.95. The van der Waals surface area contributed by atoms with Crippen LogP contribution in [-0.4, -0.2) is 7.11 Å².